The largest absolute Gasteiger partial charge is 0.379 e. The van der Waals surface area contributed by atoms with Crippen molar-refractivity contribution < 1.29 is 23.5 Å². The van der Waals surface area contributed by atoms with Gasteiger partial charge in [-0.1, -0.05) is 12.1 Å². The molecule has 0 atom stereocenters. The number of aromatic nitrogens is 3. The fourth-order valence-electron chi connectivity index (χ4n) is 4.97. The van der Waals surface area contributed by atoms with Crippen LogP contribution in [0.15, 0.2) is 61.1 Å². The van der Waals surface area contributed by atoms with Crippen LogP contribution in [-0.4, -0.2) is 75.7 Å². The lowest BCUT2D eigenvalue weighted by Gasteiger charge is -2.26. The van der Waals surface area contributed by atoms with Crippen LogP contribution in [-0.2, 0) is 25.9 Å². The van der Waals surface area contributed by atoms with Crippen LogP contribution in [0.4, 0.5) is 15.8 Å². The molecule has 0 spiro atoms. The molecule has 4 heterocycles. The van der Waals surface area contributed by atoms with E-state index in [0.29, 0.717) is 59.3 Å². The summed E-state index contributed by atoms with van der Waals surface area (Å²) in [6.45, 7) is 4.37. The summed E-state index contributed by atoms with van der Waals surface area (Å²) in [6.07, 6.45) is 5.07. The Morgan fingerprint density at radius 2 is 1.33 bits per heavy atom. The molecule has 0 radical (unpaired) electrons. The van der Waals surface area contributed by atoms with Crippen LogP contribution in [0.2, 0.25) is 0 Å². The van der Waals surface area contributed by atoms with Crippen LogP contribution in [0.5, 0.6) is 0 Å². The molecule has 11 nitrogen and oxygen atoms in total. The summed E-state index contributed by atoms with van der Waals surface area (Å²) in [5, 5.41) is 8.58. The number of benzene rings is 1. The normalized spacial score (nSPS) is 13.6. The number of hydrogen-bond acceptors (Lipinski definition) is 5. The van der Waals surface area contributed by atoms with Gasteiger partial charge >= 0.3 is 0 Å². The van der Waals surface area contributed by atoms with Crippen molar-refractivity contribution in [2.45, 2.75) is 0 Å². The van der Waals surface area contributed by atoms with Crippen LogP contribution in [0, 0.1) is 5.82 Å². The highest BCUT2D eigenvalue weighted by molar-refractivity contribution is 6.07. The van der Waals surface area contributed by atoms with E-state index in [2.05, 4.69) is 20.9 Å². The van der Waals surface area contributed by atoms with Crippen LogP contribution in [0.3, 0.4) is 0 Å². The molecule has 3 N–H and O–H groups in total. The maximum Gasteiger partial charge on any atom is 0.272 e. The standard InChI is InChI=1S/C30H34FN7O4/c1-35-17-21(20-5-4-6-22(31)13-20)14-25(35)29(40)33-24-16-27(37(3)19-24)30(41)34-23-15-26(36(2)18-23)28(39)32-7-8-38-9-11-42-12-10-38/h4-6,13-19H,7-12H2,1-3H3,(H,32,39)(H,33,40)(H,34,41). The van der Waals surface area contributed by atoms with Gasteiger partial charge in [-0.3, -0.25) is 19.3 Å². The van der Waals surface area contributed by atoms with Crippen molar-refractivity contribution in [2.75, 3.05) is 50.0 Å². The molecule has 220 valence electrons. The second kappa shape index (κ2) is 12.5. The fourth-order valence-corrected chi connectivity index (χ4v) is 4.97. The molecule has 1 aliphatic heterocycles. The van der Waals surface area contributed by atoms with Gasteiger partial charge in [0.1, 0.15) is 22.9 Å². The van der Waals surface area contributed by atoms with Crippen LogP contribution < -0.4 is 16.0 Å². The van der Waals surface area contributed by atoms with E-state index in [1.165, 1.54) is 12.1 Å². The van der Waals surface area contributed by atoms with Crippen molar-refractivity contribution in [1.82, 2.24) is 23.9 Å². The number of rotatable bonds is 9. The predicted octanol–water partition coefficient (Wildman–Crippen LogP) is 3.07. The number of nitrogens with zero attached hydrogens (tertiary/aromatic N) is 4. The van der Waals surface area contributed by atoms with Crippen LogP contribution >= 0.6 is 0 Å². The fraction of sp³-hybridized carbons (Fsp3) is 0.300. The number of ether oxygens (including phenoxy) is 1. The van der Waals surface area contributed by atoms with Gasteiger partial charge in [-0.2, -0.15) is 0 Å². The molecule has 3 aromatic heterocycles. The smallest absolute Gasteiger partial charge is 0.272 e. The molecule has 3 amide bonds. The first kappa shape index (κ1) is 28.8. The number of carbonyl (C=O) groups is 3. The third kappa shape index (κ3) is 6.61. The van der Waals surface area contributed by atoms with Crippen molar-refractivity contribution >= 4 is 29.1 Å². The molecule has 1 aromatic carbocycles. The van der Waals surface area contributed by atoms with E-state index >= 15 is 0 Å². The topological polar surface area (TPSA) is 115 Å². The molecular weight excluding hydrogens is 541 g/mol. The SMILES string of the molecule is Cn1cc(NC(=O)c2cc(NC(=O)c3cc(-c4cccc(F)c4)cn3C)cn2C)cc1C(=O)NCCN1CCOCC1. The molecule has 1 aliphatic rings. The molecule has 0 aliphatic carbocycles. The monoisotopic (exact) mass is 575 g/mol. The number of carbonyl (C=O) groups excluding carboxylic acids is 3. The summed E-state index contributed by atoms with van der Waals surface area (Å²) in [5.74, 6) is -1.34. The minimum absolute atomic E-state index is 0.226. The van der Waals surface area contributed by atoms with Gasteiger partial charge in [0.25, 0.3) is 17.7 Å². The average molecular weight is 576 g/mol. The molecule has 42 heavy (non-hydrogen) atoms. The number of anilines is 2. The number of hydrogen-bond donors (Lipinski definition) is 3. The summed E-state index contributed by atoms with van der Waals surface area (Å²) in [5.41, 5.74) is 3.41. The van der Waals surface area contributed by atoms with Crippen molar-refractivity contribution in [2.24, 2.45) is 21.1 Å². The maximum absolute atomic E-state index is 13.7. The lowest BCUT2D eigenvalue weighted by atomic mass is 10.1. The lowest BCUT2D eigenvalue weighted by Crippen LogP contribution is -2.41. The van der Waals surface area contributed by atoms with Gasteiger partial charge in [0, 0.05) is 71.5 Å². The Morgan fingerprint density at radius 3 is 1.95 bits per heavy atom. The van der Waals surface area contributed by atoms with Gasteiger partial charge in [-0.15, -0.1) is 0 Å². The Hall–Kier alpha value is -4.68. The Kier molecular flexibility index (Phi) is 8.55. The first-order valence-electron chi connectivity index (χ1n) is 13.6. The molecule has 5 rings (SSSR count). The van der Waals surface area contributed by atoms with Crippen molar-refractivity contribution in [3.63, 3.8) is 0 Å². The summed E-state index contributed by atoms with van der Waals surface area (Å²) < 4.78 is 23.9. The zero-order valence-electron chi connectivity index (χ0n) is 23.8. The highest BCUT2D eigenvalue weighted by Crippen LogP contribution is 2.24. The molecular formula is C30H34FN7O4. The number of nitrogens with one attached hydrogen (secondary N) is 3. The first-order chi connectivity index (χ1) is 20.2. The molecule has 0 saturated carbocycles. The predicted molar refractivity (Wildman–Crippen MR) is 157 cm³/mol. The number of halogens is 1. The van der Waals surface area contributed by atoms with Gasteiger partial charge < -0.3 is 34.4 Å². The molecule has 0 bridgehead atoms. The molecule has 12 heteroatoms. The van der Waals surface area contributed by atoms with Crippen molar-refractivity contribution in [3.05, 3.63) is 84.0 Å². The third-order valence-electron chi connectivity index (χ3n) is 7.20. The van der Waals surface area contributed by atoms with Gasteiger partial charge in [0.05, 0.1) is 24.6 Å². The second-order valence-electron chi connectivity index (χ2n) is 10.3. The van der Waals surface area contributed by atoms with Gasteiger partial charge in [0.2, 0.25) is 0 Å². The Morgan fingerprint density at radius 1 is 0.762 bits per heavy atom. The van der Waals surface area contributed by atoms with E-state index in [4.69, 9.17) is 4.74 Å². The lowest BCUT2D eigenvalue weighted by molar-refractivity contribution is 0.0383. The Balaban J connectivity index is 1.19. The summed E-state index contributed by atoms with van der Waals surface area (Å²) >= 11 is 0. The first-order valence-corrected chi connectivity index (χ1v) is 13.6. The van der Waals surface area contributed by atoms with E-state index < -0.39 is 5.91 Å². The van der Waals surface area contributed by atoms with E-state index in [1.807, 2.05) is 0 Å². The van der Waals surface area contributed by atoms with E-state index in [0.717, 1.165) is 19.6 Å². The molecule has 1 saturated heterocycles. The number of morpholine rings is 1. The summed E-state index contributed by atoms with van der Waals surface area (Å²) in [4.78, 5) is 41.1. The van der Waals surface area contributed by atoms with E-state index in [-0.39, 0.29) is 17.6 Å². The minimum atomic E-state index is -0.393. The summed E-state index contributed by atoms with van der Waals surface area (Å²) in [7, 11) is 5.18. The number of aryl methyl sites for hydroxylation is 3. The van der Waals surface area contributed by atoms with E-state index in [1.54, 1.807) is 83.8 Å². The second-order valence-corrected chi connectivity index (χ2v) is 10.3. The molecule has 1 fully saturated rings. The zero-order chi connectivity index (χ0) is 29.8. The highest BCUT2D eigenvalue weighted by atomic mass is 19.1. The Bertz CT molecular complexity index is 1610. The number of amides is 3. The van der Waals surface area contributed by atoms with Crippen molar-refractivity contribution in [1.29, 1.82) is 0 Å². The maximum atomic E-state index is 13.7. The van der Waals surface area contributed by atoms with Gasteiger partial charge in [0.15, 0.2) is 0 Å². The average Bonchev–Trinajstić information content (AvgIpc) is 3.65. The molecule has 0 unspecified atom stereocenters. The minimum Gasteiger partial charge on any atom is -0.379 e. The van der Waals surface area contributed by atoms with E-state index in [9.17, 15) is 18.8 Å². The van der Waals surface area contributed by atoms with Crippen molar-refractivity contribution in [3.8, 4) is 11.1 Å². The van der Waals surface area contributed by atoms with Crippen LogP contribution in [0.25, 0.3) is 11.1 Å². The third-order valence-corrected chi connectivity index (χ3v) is 7.20. The van der Waals surface area contributed by atoms with Gasteiger partial charge in [-0.05, 0) is 35.9 Å². The quantitative estimate of drug-likeness (QED) is 0.284. The van der Waals surface area contributed by atoms with Crippen LogP contribution in [0.1, 0.15) is 31.5 Å². The van der Waals surface area contributed by atoms with Gasteiger partial charge in [-0.25, -0.2) is 4.39 Å². The Labute approximate surface area is 242 Å². The summed E-state index contributed by atoms with van der Waals surface area (Å²) in [6, 6.07) is 11.1. The zero-order valence-corrected chi connectivity index (χ0v) is 23.8. The molecule has 4 aromatic rings. The highest BCUT2D eigenvalue weighted by Gasteiger charge is 2.19.